The summed E-state index contributed by atoms with van der Waals surface area (Å²) in [4.78, 5) is 21.7. The Morgan fingerprint density at radius 3 is 2.43 bits per heavy atom. The number of nitrogens with one attached hydrogen (secondary N) is 1. The second-order valence-corrected chi connectivity index (χ2v) is 3.33. The molecule has 0 aliphatic rings. The van der Waals surface area contributed by atoms with Crippen molar-refractivity contribution in [3.05, 3.63) is 35.9 Å². The fraction of sp³-hybridized carbons (Fsp3) is 0.200. The van der Waals surface area contributed by atoms with Crippen molar-refractivity contribution < 1.29 is 9.59 Å². The molecule has 14 heavy (non-hydrogen) atoms. The van der Waals surface area contributed by atoms with Gasteiger partial charge >= 0.3 is 0 Å². The van der Waals surface area contributed by atoms with Crippen molar-refractivity contribution in [2.24, 2.45) is 0 Å². The highest BCUT2D eigenvalue weighted by Crippen LogP contribution is 1.98. The van der Waals surface area contributed by atoms with Crippen LogP contribution in [0, 0.1) is 0 Å². The molecule has 1 rings (SSSR count). The molecule has 0 atom stereocenters. The summed E-state index contributed by atoms with van der Waals surface area (Å²) in [5, 5.41) is 2.12. The summed E-state index contributed by atoms with van der Waals surface area (Å²) in [6, 6.07) is 9.35. The minimum absolute atomic E-state index is 0.0191. The summed E-state index contributed by atoms with van der Waals surface area (Å²) in [6.07, 6.45) is 0.294. The predicted octanol–water partition coefficient (Wildman–Crippen LogP) is 0.802. The molecule has 0 saturated heterocycles. The SMILES string of the molecule is O=C(S)CNC(=O)Cc1ccccc1. The van der Waals surface area contributed by atoms with Gasteiger partial charge in [-0.2, -0.15) is 0 Å². The van der Waals surface area contributed by atoms with E-state index in [1.54, 1.807) is 0 Å². The number of hydrogen-bond donors (Lipinski definition) is 2. The molecule has 1 amide bonds. The lowest BCUT2D eigenvalue weighted by atomic mass is 10.1. The third kappa shape index (κ3) is 4.09. The fourth-order valence-corrected chi connectivity index (χ4v) is 1.10. The van der Waals surface area contributed by atoms with Crippen LogP contribution in [0.1, 0.15) is 5.56 Å². The number of rotatable bonds is 4. The van der Waals surface area contributed by atoms with E-state index in [4.69, 9.17) is 0 Å². The Kier molecular flexibility index (Phi) is 4.19. The van der Waals surface area contributed by atoms with E-state index in [9.17, 15) is 9.59 Å². The predicted molar refractivity (Wildman–Crippen MR) is 57.1 cm³/mol. The summed E-state index contributed by atoms with van der Waals surface area (Å²) in [6.45, 7) is -0.0191. The highest BCUT2D eigenvalue weighted by Gasteiger charge is 2.03. The maximum Gasteiger partial charge on any atom is 0.224 e. The second kappa shape index (κ2) is 5.44. The normalized spacial score (nSPS) is 9.50. The van der Waals surface area contributed by atoms with Crippen molar-refractivity contribution in [2.45, 2.75) is 6.42 Å². The molecule has 1 N–H and O–H groups in total. The van der Waals surface area contributed by atoms with Crippen molar-refractivity contribution in [2.75, 3.05) is 6.54 Å². The molecular weight excluding hydrogens is 198 g/mol. The molecule has 4 heteroatoms. The van der Waals surface area contributed by atoms with Crippen LogP contribution >= 0.6 is 12.6 Å². The number of thiol groups is 1. The Morgan fingerprint density at radius 2 is 1.86 bits per heavy atom. The van der Waals surface area contributed by atoms with Crippen LogP contribution in [-0.4, -0.2) is 17.6 Å². The number of amides is 1. The van der Waals surface area contributed by atoms with Crippen LogP contribution in [-0.2, 0) is 16.0 Å². The second-order valence-electron chi connectivity index (χ2n) is 2.83. The minimum atomic E-state index is -0.341. The summed E-state index contributed by atoms with van der Waals surface area (Å²) >= 11 is 3.55. The van der Waals surface area contributed by atoms with Crippen LogP contribution in [0.4, 0.5) is 0 Å². The van der Waals surface area contributed by atoms with Crippen LogP contribution in [0.3, 0.4) is 0 Å². The van der Waals surface area contributed by atoms with E-state index >= 15 is 0 Å². The van der Waals surface area contributed by atoms with E-state index in [1.165, 1.54) is 0 Å². The van der Waals surface area contributed by atoms with Crippen LogP contribution in [0.5, 0.6) is 0 Å². The zero-order chi connectivity index (χ0) is 10.4. The number of hydrogen-bond acceptors (Lipinski definition) is 2. The van der Waals surface area contributed by atoms with Gasteiger partial charge in [-0.3, -0.25) is 9.59 Å². The first-order valence-corrected chi connectivity index (χ1v) is 4.65. The Bertz CT molecular complexity index is 324. The first-order valence-electron chi connectivity index (χ1n) is 4.21. The molecular formula is C10H11NO2S. The summed E-state index contributed by atoms with van der Waals surface area (Å²) in [7, 11) is 0. The quantitative estimate of drug-likeness (QED) is 0.721. The Morgan fingerprint density at radius 1 is 1.21 bits per heavy atom. The number of carbonyl (C=O) groups excluding carboxylic acids is 2. The average molecular weight is 209 g/mol. The van der Waals surface area contributed by atoms with Crippen molar-refractivity contribution in [3.63, 3.8) is 0 Å². The van der Waals surface area contributed by atoms with E-state index in [2.05, 4.69) is 17.9 Å². The van der Waals surface area contributed by atoms with Gasteiger partial charge in [0.1, 0.15) is 0 Å². The molecule has 0 bridgehead atoms. The van der Waals surface area contributed by atoms with Crippen LogP contribution in [0.25, 0.3) is 0 Å². The zero-order valence-electron chi connectivity index (χ0n) is 7.56. The summed E-state index contributed by atoms with van der Waals surface area (Å²) in [5.41, 5.74) is 0.927. The summed E-state index contributed by atoms with van der Waals surface area (Å²) in [5.74, 6) is -0.168. The van der Waals surface area contributed by atoms with Gasteiger partial charge in [0.25, 0.3) is 0 Å². The molecule has 0 aliphatic heterocycles. The highest BCUT2D eigenvalue weighted by molar-refractivity contribution is 7.96. The number of benzene rings is 1. The third-order valence-corrected chi connectivity index (χ3v) is 1.80. The molecule has 74 valence electrons. The molecule has 0 aliphatic carbocycles. The molecule has 0 spiro atoms. The molecule has 0 fully saturated rings. The fourth-order valence-electron chi connectivity index (χ4n) is 1.02. The lowest BCUT2D eigenvalue weighted by Crippen LogP contribution is -2.28. The van der Waals surface area contributed by atoms with Crippen LogP contribution < -0.4 is 5.32 Å². The maximum absolute atomic E-state index is 11.2. The van der Waals surface area contributed by atoms with Crippen LogP contribution in [0.15, 0.2) is 30.3 Å². The van der Waals surface area contributed by atoms with Gasteiger partial charge in [-0.05, 0) is 5.56 Å². The van der Waals surface area contributed by atoms with Crippen LogP contribution in [0.2, 0.25) is 0 Å². The Hall–Kier alpha value is -1.29. The van der Waals surface area contributed by atoms with Gasteiger partial charge in [0.2, 0.25) is 11.0 Å². The first-order chi connectivity index (χ1) is 6.68. The molecule has 0 aromatic heterocycles. The van der Waals surface area contributed by atoms with Gasteiger partial charge in [0.15, 0.2) is 0 Å². The molecule has 0 unspecified atom stereocenters. The average Bonchev–Trinajstić information content (AvgIpc) is 2.16. The Labute approximate surface area is 87.9 Å². The maximum atomic E-state index is 11.2. The lowest BCUT2D eigenvalue weighted by Gasteiger charge is -2.01. The van der Waals surface area contributed by atoms with Gasteiger partial charge in [-0.1, -0.05) is 30.3 Å². The van der Waals surface area contributed by atoms with Gasteiger partial charge in [-0.25, -0.2) is 0 Å². The summed E-state index contributed by atoms with van der Waals surface area (Å²) < 4.78 is 0. The van der Waals surface area contributed by atoms with Gasteiger partial charge in [-0.15, -0.1) is 12.6 Å². The van der Waals surface area contributed by atoms with Gasteiger partial charge in [0.05, 0.1) is 13.0 Å². The van der Waals surface area contributed by atoms with E-state index in [0.717, 1.165) is 5.56 Å². The van der Waals surface area contributed by atoms with Crippen molar-refractivity contribution in [1.29, 1.82) is 0 Å². The molecule has 1 aromatic carbocycles. The first kappa shape index (κ1) is 10.8. The van der Waals surface area contributed by atoms with E-state index < -0.39 is 0 Å². The lowest BCUT2D eigenvalue weighted by molar-refractivity contribution is -0.122. The standard InChI is InChI=1S/C10H11NO2S/c12-9(11-7-10(13)14)6-8-4-2-1-3-5-8/h1-5H,6-7H2,(H,11,12)(H,13,14). The highest BCUT2D eigenvalue weighted by atomic mass is 32.1. The molecule has 3 nitrogen and oxygen atoms in total. The topological polar surface area (TPSA) is 46.2 Å². The van der Waals surface area contributed by atoms with Crippen molar-refractivity contribution in [3.8, 4) is 0 Å². The molecule has 1 aromatic rings. The molecule has 0 saturated carbocycles. The van der Waals surface area contributed by atoms with Gasteiger partial charge < -0.3 is 5.32 Å². The van der Waals surface area contributed by atoms with Crippen molar-refractivity contribution in [1.82, 2.24) is 5.32 Å². The van der Waals surface area contributed by atoms with Crippen molar-refractivity contribution >= 4 is 23.7 Å². The zero-order valence-corrected chi connectivity index (χ0v) is 8.46. The smallest absolute Gasteiger partial charge is 0.224 e. The van der Waals surface area contributed by atoms with Gasteiger partial charge in [0, 0.05) is 0 Å². The number of carbonyl (C=O) groups is 2. The van der Waals surface area contributed by atoms with E-state index in [-0.39, 0.29) is 17.6 Å². The van der Waals surface area contributed by atoms with E-state index in [0.29, 0.717) is 6.42 Å². The Balaban J connectivity index is 2.38. The monoisotopic (exact) mass is 209 g/mol. The molecule has 0 heterocycles. The molecule has 0 radical (unpaired) electrons. The third-order valence-electron chi connectivity index (χ3n) is 1.64. The van der Waals surface area contributed by atoms with E-state index in [1.807, 2.05) is 30.3 Å². The largest absolute Gasteiger partial charge is 0.348 e. The minimum Gasteiger partial charge on any atom is -0.348 e.